The monoisotopic (exact) mass is 369 g/mol. The van der Waals surface area contributed by atoms with Crippen molar-refractivity contribution in [3.63, 3.8) is 0 Å². The Morgan fingerprint density at radius 3 is 2.96 bits per heavy atom. The van der Waals surface area contributed by atoms with E-state index >= 15 is 0 Å². The van der Waals surface area contributed by atoms with E-state index in [-0.39, 0.29) is 5.91 Å². The number of aromatic nitrogens is 2. The van der Waals surface area contributed by atoms with E-state index in [2.05, 4.69) is 41.0 Å². The third-order valence-corrected chi connectivity index (χ3v) is 6.36. The molecule has 6 heteroatoms. The number of benzene rings is 1. The number of nitrogens with one attached hydrogen (secondary N) is 1. The quantitative estimate of drug-likeness (QED) is 0.748. The molecule has 136 valence electrons. The van der Waals surface area contributed by atoms with Crippen LogP contribution in [0.4, 0.5) is 0 Å². The van der Waals surface area contributed by atoms with Gasteiger partial charge in [-0.1, -0.05) is 12.1 Å². The van der Waals surface area contributed by atoms with Crippen LogP contribution in [0.3, 0.4) is 0 Å². The molecule has 1 amide bonds. The van der Waals surface area contributed by atoms with Gasteiger partial charge in [0, 0.05) is 33.1 Å². The summed E-state index contributed by atoms with van der Waals surface area (Å²) in [4.78, 5) is 20.6. The van der Waals surface area contributed by atoms with E-state index in [4.69, 9.17) is 0 Å². The molecule has 5 nitrogen and oxygen atoms in total. The standard InChI is InChI=1S/C20H24N4OS/c1-22-11-5-8-16(22)17-9-6-12-24(17)14-20(25)23(2)13-19-21-15-7-3-4-10-18(15)26-19/h3-5,7-8,10-11,17H,6,9,12-14H2,1-2H3/p+1/t17-/m1/s1. The van der Waals surface area contributed by atoms with Gasteiger partial charge in [-0.15, -0.1) is 11.3 Å². The van der Waals surface area contributed by atoms with E-state index in [0.29, 0.717) is 19.1 Å². The lowest BCUT2D eigenvalue weighted by atomic mass is 10.1. The summed E-state index contributed by atoms with van der Waals surface area (Å²) in [5.74, 6) is 0.195. The normalized spacial score (nSPS) is 19.9. The van der Waals surface area contributed by atoms with Gasteiger partial charge in [0.25, 0.3) is 5.91 Å². The van der Waals surface area contributed by atoms with Gasteiger partial charge in [-0.25, -0.2) is 4.98 Å². The van der Waals surface area contributed by atoms with Crippen molar-refractivity contribution in [3.05, 3.63) is 53.3 Å². The number of nitrogens with zero attached hydrogens (tertiary/aromatic N) is 3. The number of hydrogen-bond acceptors (Lipinski definition) is 3. The van der Waals surface area contributed by atoms with Crippen LogP contribution in [0.1, 0.15) is 29.6 Å². The highest BCUT2D eigenvalue weighted by Crippen LogP contribution is 2.22. The van der Waals surface area contributed by atoms with Gasteiger partial charge in [-0.3, -0.25) is 4.79 Å². The third-order valence-electron chi connectivity index (χ3n) is 5.34. The van der Waals surface area contributed by atoms with Gasteiger partial charge in [-0.2, -0.15) is 0 Å². The van der Waals surface area contributed by atoms with E-state index in [1.807, 2.05) is 30.1 Å². The molecule has 1 saturated heterocycles. The lowest BCUT2D eigenvalue weighted by molar-refractivity contribution is -0.911. The first-order chi connectivity index (χ1) is 12.6. The Bertz CT molecular complexity index is 882. The van der Waals surface area contributed by atoms with E-state index in [9.17, 15) is 4.79 Å². The second-order valence-electron chi connectivity index (χ2n) is 7.15. The van der Waals surface area contributed by atoms with Crippen LogP contribution in [0.5, 0.6) is 0 Å². The van der Waals surface area contributed by atoms with Gasteiger partial charge >= 0.3 is 0 Å². The molecule has 2 aromatic heterocycles. The summed E-state index contributed by atoms with van der Waals surface area (Å²) in [5.41, 5.74) is 2.35. The Hall–Kier alpha value is -2.18. The zero-order chi connectivity index (χ0) is 18.1. The van der Waals surface area contributed by atoms with Crippen molar-refractivity contribution >= 4 is 27.5 Å². The maximum atomic E-state index is 12.8. The van der Waals surface area contributed by atoms with Crippen LogP contribution in [-0.2, 0) is 18.4 Å². The molecule has 1 aromatic carbocycles. The summed E-state index contributed by atoms with van der Waals surface area (Å²) < 4.78 is 3.36. The first-order valence-electron chi connectivity index (χ1n) is 9.16. The van der Waals surface area contributed by atoms with Crippen LogP contribution < -0.4 is 4.90 Å². The minimum absolute atomic E-state index is 0.195. The molecule has 4 rings (SSSR count). The Kier molecular flexibility index (Phi) is 4.78. The van der Waals surface area contributed by atoms with Crippen molar-refractivity contribution in [2.45, 2.75) is 25.4 Å². The van der Waals surface area contributed by atoms with E-state index in [1.54, 1.807) is 11.3 Å². The number of hydrogen-bond donors (Lipinski definition) is 1. The van der Waals surface area contributed by atoms with Gasteiger partial charge in [0.1, 0.15) is 11.0 Å². The molecular formula is C20H25N4OS+. The van der Waals surface area contributed by atoms with Crippen molar-refractivity contribution in [3.8, 4) is 0 Å². The van der Waals surface area contributed by atoms with E-state index in [1.165, 1.54) is 21.7 Å². The number of para-hydroxylation sites is 1. The van der Waals surface area contributed by atoms with Crippen molar-refractivity contribution < 1.29 is 9.69 Å². The molecule has 3 heterocycles. The molecule has 2 atom stereocenters. The number of aryl methyl sites for hydroxylation is 1. The molecule has 0 aliphatic carbocycles. The number of likely N-dealkylation sites (tertiary alicyclic amines) is 1. The van der Waals surface area contributed by atoms with E-state index < -0.39 is 0 Å². The molecule has 1 unspecified atom stereocenters. The smallest absolute Gasteiger partial charge is 0.277 e. The number of carbonyl (C=O) groups excluding carboxylic acids is 1. The first-order valence-corrected chi connectivity index (χ1v) is 9.97. The van der Waals surface area contributed by atoms with Crippen LogP contribution in [-0.4, -0.2) is 40.5 Å². The van der Waals surface area contributed by atoms with Gasteiger partial charge in [0.2, 0.25) is 0 Å². The summed E-state index contributed by atoms with van der Waals surface area (Å²) in [7, 11) is 3.98. The minimum Gasteiger partial charge on any atom is -0.350 e. The third kappa shape index (κ3) is 3.39. The Morgan fingerprint density at radius 2 is 2.19 bits per heavy atom. The number of quaternary nitrogens is 1. The fourth-order valence-electron chi connectivity index (χ4n) is 3.92. The second-order valence-corrected chi connectivity index (χ2v) is 8.26. The van der Waals surface area contributed by atoms with Crippen molar-refractivity contribution in [2.75, 3.05) is 20.1 Å². The topological polar surface area (TPSA) is 42.6 Å². The van der Waals surface area contributed by atoms with Gasteiger partial charge < -0.3 is 14.4 Å². The predicted molar refractivity (Wildman–Crippen MR) is 104 cm³/mol. The number of fused-ring (bicyclic) bond motifs is 1. The molecule has 1 fully saturated rings. The number of amides is 1. The molecule has 26 heavy (non-hydrogen) atoms. The molecule has 3 aromatic rings. The molecule has 1 aliphatic rings. The van der Waals surface area contributed by atoms with Crippen LogP contribution in [0.15, 0.2) is 42.6 Å². The highest BCUT2D eigenvalue weighted by molar-refractivity contribution is 7.18. The SMILES string of the molecule is CN(Cc1nc2ccccc2s1)C(=O)C[NH+]1CCC[C@@H]1c1cccn1C. The highest BCUT2D eigenvalue weighted by Gasteiger charge is 2.33. The zero-order valence-electron chi connectivity index (χ0n) is 15.3. The van der Waals surface area contributed by atoms with Crippen LogP contribution in [0.25, 0.3) is 10.2 Å². The second kappa shape index (κ2) is 7.21. The molecule has 0 saturated carbocycles. The zero-order valence-corrected chi connectivity index (χ0v) is 16.1. The van der Waals surface area contributed by atoms with Crippen LogP contribution in [0.2, 0.25) is 0 Å². The van der Waals surface area contributed by atoms with Gasteiger partial charge in [-0.05, 0) is 24.3 Å². The van der Waals surface area contributed by atoms with Crippen LogP contribution in [0, 0.1) is 0 Å². The summed E-state index contributed by atoms with van der Waals surface area (Å²) >= 11 is 1.67. The summed E-state index contributed by atoms with van der Waals surface area (Å²) in [6, 6.07) is 12.8. The highest BCUT2D eigenvalue weighted by atomic mass is 32.1. The fraction of sp³-hybridized carbons (Fsp3) is 0.400. The van der Waals surface area contributed by atoms with Gasteiger partial charge in [0.15, 0.2) is 6.54 Å². The Morgan fingerprint density at radius 1 is 1.35 bits per heavy atom. The van der Waals surface area contributed by atoms with Crippen LogP contribution >= 0.6 is 11.3 Å². The van der Waals surface area contributed by atoms with Crippen molar-refractivity contribution in [1.82, 2.24) is 14.5 Å². The molecule has 0 spiro atoms. The predicted octanol–water partition coefficient (Wildman–Crippen LogP) is 2.01. The molecule has 0 bridgehead atoms. The van der Waals surface area contributed by atoms with Gasteiger partial charge in [0.05, 0.1) is 29.0 Å². The minimum atomic E-state index is 0.195. The Balaban J connectivity index is 1.41. The van der Waals surface area contributed by atoms with Crippen molar-refractivity contribution in [2.24, 2.45) is 7.05 Å². The Labute approximate surface area is 157 Å². The maximum absolute atomic E-state index is 12.8. The number of carbonyl (C=O) groups is 1. The first kappa shape index (κ1) is 17.2. The molecule has 1 aliphatic heterocycles. The lowest BCUT2D eigenvalue weighted by Gasteiger charge is -2.24. The lowest BCUT2D eigenvalue weighted by Crippen LogP contribution is -3.11. The summed E-state index contributed by atoms with van der Waals surface area (Å²) in [6.45, 7) is 2.20. The van der Waals surface area contributed by atoms with Crippen molar-refractivity contribution in [1.29, 1.82) is 0 Å². The average Bonchev–Trinajstić information content (AvgIpc) is 3.33. The number of thiazole rings is 1. The summed E-state index contributed by atoms with van der Waals surface area (Å²) in [6.07, 6.45) is 4.43. The molecular weight excluding hydrogens is 344 g/mol. The molecule has 1 N–H and O–H groups in total. The largest absolute Gasteiger partial charge is 0.350 e. The number of likely N-dealkylation sites (N-methyl/N-ethyl adjacent to an activating group) is 1. The molecule has 0 radical (unpaired) electrons. The maximum Gasteiger partial charge on any atom is 0.277 e. The number of rotatable bonds is 5. The summed E-state index contributed by atoms with van der Waals surface area (Å²) in [5, 5.41) is 0.998. The fourth-order valence-corrected chi connectivity index (χ4v) is 4.95. The average molecular weight is 370 g/mol. The van der Waals surface area contributed by atoms with E-state index in [0.717, 1.165) is 23.5 Å².